The third-order valence-electron chi connectivity index (χ3n) is 2.27. The van der Waals surface area contributed by atoms with Crippen molar-refractivity contribution in [3.05, 3.63) is 16.5 Å². The van der Waals surface area contributed by atoms with E-state index in [0.717, 1.165) is 0 Å². The molecule has 0 bridgehead atoms. The van der Waals surface area contributed by atoms with E-state index in [9.17, 15) is 9.59 Å². The molecule has 1 aromatic heterocycles. The van der Waals surface area contributed by atoms with Crippen LogP contribution in [0, 0.1) is 5.41 Å². The quantitative estimate of drug-likeness (QED) is 0.816. The lowest BCUT2D eigenvalue weighted by Gasteiger charge is -2.21. The summed E-state index contributed by atoms with van der Waals surface area (Å²) < 4.78 is 0. The topological polar surface area (TPSA) is 92.2 Å². The van der Waals surface area contributed by atoms with Gasteiger partial charge in [-0.05, 0) is 5.41 Å². The van der Waals surface area contributed by atoms with Gasteiger partial charge in [0.05, 0.1) is 6.42 Å². The van der Waals surface area contributed by atoms with Crippen molar-refractivity contribution in [1.29, 1.82) is 0 Å². The maximum absolute atomic E-state index is 11.8. The van der Waals surface area contributed by atoms with Crippen LogP contribution in [0.4, 0.5) is 5.82 Å². The monoisotopic (exact) mass is 305 g/mol. The van der Waals surface area contributed by atoms with E-state index in [0.29, 0.717) is 0 Å². The van der Waals surface area contributed by atoms with E-state index in [4.69, 9.17) is 28.3 Å². The fraction of sp³-hybridized carbons (Fsp3) is 0.455. The number of aromatic nitrogens is 2. The summed E-state index contributed by atoms with van der Waals surface area (Å²) in [6.07, 6.45) is 1.09. The van der Waals surface area contributed by atoms with Crippen molar-refractivity contribution in [2.45, 2.75) is 26.7 Å². The normalized spacial score (nSPS) is 11.2. The molecule has 0 aliphatic carbocycles. The molecule has 0 aliphatic rings. The average molecular weight is 306 g/mol. The molecule has 0 aliphatic heterocycles. The molecule has 104 valence electrons. The Morgan fingerprint density at radius 3 is 2.53 bits per heavy atom. The standard InChI is InChI=1S/C11H13Cl2N3O3/c1-11(2,4-7(18)19)3-6(17)16-10-8(12)9(13)14-5-15-10/h5H,3-4H2,1-2H3,(H,18,19)(H,14,15,16,17). The maximum Gasteiger partial charge on any atom is 0.303 e. The van der Waals surface area contributed by atoms with Gasteiger partial charge in [0.25, 0.3) is 0 Å². The second-order valence-electron chi connectivity index (χ2n) is 4.79. The van der Waals surface area contributed by atoms with Gasteiger partial charge in [-0.3, -0.25) is 9.59 Å². The largest absolute Gasteiger partial charge is 0.481 e. The molecule has 1 amide bonds. The van der Waals surface area contributed by atoms with E-state index in [1.54, 1.807) is 13.8 Å². The lowest BCUT2D eigenvalue weighted by molar-refractivity contribution is -0.139. The minimum atomic E-state index is -0.957. The number of rotatable bonds is 5. The number of carboxylic acid groups (broad SMARTS) is 1. The van der Waals surface area contributed by atoms with Gasteiger partial charge in [0.1, 0.15) is 11.3 Å². The smallest absolute Gasteiger partial charge is 0.303 e. The lowest BCUT2D eigenvalue weighted by Crippen LogP contribution is -2.25. The molecule has 1 rings (SSSR count). The number of carboxylic acids is 1. The van der Waals surface area contributed by atoms with Crippen molar-refractivity contribution in [3.63, 3.8) is 0 Å². The minimum absolute atomic E-state index is 0.0251. The highest BCUT2D eigenvalue weighted by Gasteiger charge is 2.25. The molecule has 8 heteroatoms. The summed E-state index contributed by atoms with van der Waals surface area (Å²) in [5.41, 5.74) is -0.667. The Kier molecular flexibility index (Phi) is 5.08. The first-order valence-electron chi connectivity index (χ1n) is 5.39. The Morgan fingerprint density at radius 1 is 1.32 bits per heavy atom. The van der Waals surface area contributed by atoms with Crippen LogP contribution in [0.3, 0.4) is 0 Å². The number of anilines is 1. The molecule has 0 atom stereocenters. The molecule has 0 saturated heterocycles. The Morgan fingerprint density at radius 2 is 1.95 bits per heavy atom. The second kappa shape index (κ2) is 6.16. The maximum atomic E-state index is 11.8. The fourth-order valence-corrected chi connectivity index (χ4v) is 1.80. The number of amides is 1. The highest BCUT2D eigenvalue weighted by atomic mass is 35.5. The average Bonchev–Trinajstić information content (AvgIpc) is 2.21. The number of carbonyl (C=O) groups excluding carboxylic acids is 1. The summed E-state index contributed by atoms with van der Waals surface area (Å²) in [6.45, 7) is 3.38. The molecule has 2 N–H and O–H groups in total. The first-order valence-corrected chi connectivity index (χ1v) is 6.14. The summed E-state index contributed by atoms with van der Waals surface area (Å²) in [7, 11) is 0. The van der Waals surface area contributed by atoms with Gasteiger partial charge in [0.15, 0.2) is 11.0 Å². The second-order valence-corrected chi connectivity index (χ2v) is 5.52. The van der Waals surface area contributed by atoms with E-state index in [-0.39, 0.29) is 34.7 Å². The molecular formula is C11H13Cl2N3O3. The Labute approximate surface area is 120 Å². The van der Waals surface area contributed by atoms with Crippen LogP contribution in [0.5, 0.6) is 0 Å². The number of nitrogens with one attached hydrogen (secondary N) is 1. The van der Waals surface area contributed by atoms with Gasteiger partial charge in [0.2, 0.25) is 5.91 Å². The van der Waals surface area contributed by atoms with Crippen LogP contribution in [0.1, 0.15) is 26.7 Å². The van der Waals surface area contributed by atoms with E-state index in [1.165, 1.54) is 6.33 Å². The molecule has 1 heterocycles. The summed E-state index contributed by atoms with van der Waals surface area (Å²) >= 11 is 11.5. The summed E-state index contributed by atoms with van der Waals surface area (Å²) in [4.78, 5) is 29.9. The molecule has 1 aromatic rings. The zero-order valence-corrected chi connectivity index (χ0v) is 11.9. The Hall–Kier alpha value is -1.40. The van der Waals surface area contributed by atoms with Crippen LogP contribution >= 0.6 is 23.2 Å². The molecule has 0 saturated carbocycles. The fourth-order valence-electron chi connectivity index (χ4n) is 1.52. The van der Waals surface area contributed by atoms with Gasteiger partial charge in [-0.15, -0.1) is 0 Å². The zero-order chi connectivity index (χ0) is 14.6. The van der Waals surface area contributed by atoms with Gasteiger partial charge >= 0.3 is 5.97 Å². The van der Waals surface area contributed by atoms with E-state index in [1.807, 2.05) is 0 Å². The van der Waals surface area contributed by atoms with Crippen molar-refractivity contribution in [2.24, 2.45) is 5.41 Å². The summed E-state index contributed by atoms with van der Waals surface area (Å²) in [6, 6.07) is 0. The van der Waals surface area contributed by atoms with E-state index < -0.39 is 11.4 Å². The van der Waals surface area contributed by atoms with Crippen molar-refractivity contribution in [2.75, 3.05) is 5.32 Å². The van der Waals surface area contributed by atoms with Crippen LogP contribution in [0.25, 0.3) is 0 Å². The van der Waals surface area contributed by atoms with Crippen molar-refractivity contribution >= 4 is 40.9 Å². The Balaban J connectivity index is 2.70. The molecular weight excluding hydrogens is 293 g/mol. The highest BCUT2D eigenvalue weighted by molar-refractivity contribution is 6.42. The number of carbonyl (C=O) groups is 2. The predicted molar refractivity (Wildman–Crippen MR) is 71.3 cm³/mol. The van der Waals surface area contributed by atoms with E-state index in [2.05, 4.69) is 15.3 Å². The number of hydrogen-bond acceptors (Lipinski definition) is 4. The highest BCUT2D eigenvalue weighted by Crippen LogP contribution is 2.28. The Bertz CT molecular complexity index is 506. The van der Waals surface area contributed by atoms with Gasteiger partial charge in [-0.25, -0.2) is 9.97 Å². The molecule has 19 heavy (non-hydrogen) atoms. The zero-order valence-electron chi connectivity index (χ0n) is 10.4. The molecule has 0 aromatic carbocycles. The first-order chi connectivity index (χ1) is 8.71. The number of nitrogens with zero attached hydrogens (tertiary/aromatic N) is 2. The third kappa shape index (κ3) is 5.00. The van der Waals surface area contributed by atoms with Crippen LogP contribution < -0.4 is 5.32 Å². The van der Waals surface area contributed by atoms with Crippen LogP contribution in [-0.2, 0) is 9.59 Å². The van der Waals surface area contributed by atoms with Crippen LogP contribution in [0.2, 0.25) is 10.2 Å². The molecule has 0 radical (unpaired) electrons. The summed E-state index contributed by atoms with van der Waals surface area (Å²) in [5.74, 6) is -1.23. The van der Waals surface area contributed by atoms with Gasteiger partial charge < -0.3 is 10.4 Å². The van der Waals surface area contributed by atoms with Gasteiger partial charge in [0, 0.05) is 6.42 Å². The minimum Gasteiger partial charge on any atom is -0.481 e. The first kappa shape index (κ1) is 15.7. The SMILES string of the molecule is CC(C)(CC(=O)O)CC(=O)Nc1ncnc(Cl)c1Cl. The third-order valence-corrected chi connectivity index (χ3v) is 3.01. The van der Waals surface area contributed by atoms with Crippen LogP contribution in [-0.4, -0.2) is 27.0 Å². The van der Waals surface area contributed by atoms with Crippen LogP contribution in [0.15, 0.2) is 6.33 Å². The van der Waals surface area contributed by atoms with Crippen molar-refractivity contribution in [3.8, 4) is 0 Å². The molecule has 0 unspecified atom stereocenters. The molecule has 6 nitrogen and oxygen atoms in total. The number of hydrogen-bond donors (Lipinski definition) is 2. The van der Waals surface area contributed by atoms with Crippen molar-refractivity contribution in [1.82, 2.24) is 9.97 Å². The molecule has 0 fully saturated rings. The number of halogens is 2. The lowest BCUT2D eigenvalue weighted by atomic mass is 9.85. The molecule has 0 spiro atoms. The predicted octanol–water partition coefficient (Wildman–Crippen LogP) is 2.61. The van der Waals surface area contributed by atoms with Gasteiger partial charge in [-0.1, -0.05) is 37.0 Å². The summed E-state index contributed by atoms with van der Waals surface area (Å²) in [5, 5.41) is 11.3. The van der Waals surface area contributed by atoms with Crippen molar-refractivity contribution < 1.29 is 14.7 Å². The number of aliphatic carboxylic acids is 1. The van der Waals surface area contributed by atoms with Gasteiger partial charge in [-0.2, -0.15) is 0 Å². The van der Waals surface area contributed by atoms with E-state index >= 15 is 0 Å².